The highest BCUT2D eigenvalue weighted by Gasteiger charge is 2.31. The van der Waals surface area contributed by atoms with Crippen molar-refractivity contribution in [2.75, 3.05) is 25.1 Å². The number of rotatable bonds is 4. The number of carbonyl (C=O) groups is 1. The Morgan fingerprint density at radius 2 is 2.11 bits per heavy atom. The van der Waals surface area contributed by atoms with Gasteiger partial charge < -0.3 is 25.0 Å². The van der Waals surface area contributed by atoms with Crippen LogP contribution in [0.2, 0.25) is 0 Å². The number of benzene rings is 1. The Labute approximate surface area is 162 Å². The third-order valence-electron chi connectivity index (χ3n) is 5.15. The van der Waals surface area contributed by atoms with Gasteiger partial charge in [-0.3, -0.25) is 4.79 Å². The Hall–Kier alpha value is -2.54. The summed E-state index contributed by atoms with van der Waals surface area (Å²) >= 11 is 0. The van der Waals surface area contributed by atoms with E-state index >= 15 is 0 Å². The number of carboxylic acids is 1. The average Bonchev–Trinajstić information content (AvgIpc) is 3.08. The molecule has 0 spiro atoms. The molecule has 2 aromatic rings. The van der Waals surface area contributed by atoms with Crippen molar-refractivity contribution >= 4 is 22.6 Å². The fourth-order valence-electron chi connectivity index (χ4n) is 3.99. The molecule has 1 aromatic heterocycles. The first-order valence-electron chi connectivity index (χ1n) is 10.9. The van der Waals surface area contributed by atoms with E-state index < -0.39 is 35.7 Å². The van der Waals surface area contributed by atoms with Crippen LogP contribution in [0.15, 0.2) is 23.1 Å². The predicted molar refractivity (Wildman–Crippen MR) is 104 cm³/mol. The minimum absolute atomic E-state index is 0.0355. The smallest absolute Gasteiger partial charge is 0.341 e. The fraction of sp³-hybridized carbons (Fsp3) is 0.500. The van der Waals surface area contributed by atoms with Crippen molar-refractivity contribution < 1.29 is 20.1 Å². The number of nitrogens with zero attached hydrogens (tertiary/aromatic N) is 2. The number of nitrogens with two attached hydrogens (primary N) is 1. The summed E-state index contributed by atoms with van der Waals surface area (Å²) in [5.41, 5.74) is 5.74. The molecule has 7 nitrogen and oxygen atoms in total. The monoisotopic (exact) mass is 375 g/mol. The van der Waals surface area contributed by atoms with E-state index in [-0.39, 0.29) is 22.7 Å². The number of pyridine rings is 1. The maximum absolute atomic E-state index is 12.9. The number of fused-ring (bicyclic) bond motifs is 1. The molecule has 1 aromatic carbocycles. The molecule has 27 heavy (non-hydrogen) atoms. The van der Waals surface area contributed by atoms with Gasteiger partial charge in [0.25, 0.3) is 0 Å². The molecule has 2 fully saturated rings. The van der Waals surface area contributed by atoms with Crippen molar-refractivity contribution in [3.8, 4) is 5.75 Å². The lowest BCUT2D eigenvalue weighted by Crippen LogP contribution is -2.46. The Morgan fingerprint density at radius 1 is 1.37 bits per heavy atom. The van der Waals surface area contributed by atoms with E-state index in [2.05, 4.69) is 6.92 Å². The molecule has 1 saturated carbocycles. The van der Waals surface area contributed by atoms with Crippen LogP contribution in [0.3, 0.4) is 0 Å². The van der Waals surface area contributed by atoms with E-state index in [1.54, 1.807) is 6.07 Å². The van der Waals surface area contributed by atoms with Crippen LogP contribution in [0.1, 0.15) is 48.0 Å². The summed E-state index contributed by atoms with van der Waals surface area (Å²) in [6, 6.07) is 1.83. The van der Waals surface area contributed by atoms with Crippen LogP contribution in [0.4, 0.5) is 5.69 Å². The van der Waals surface area contributed by atoms with Crippen LogP contribution in [0.5, 0.6) is 5.75 Å². The lowest BCUT2D eigenvalue weighted by molar-refractivity contribution is 0.0695. The van der Waals surface area contributed by atoms with Crippen LogP contribution in [0, 0.1) is 5.92 Å². The summed E-state index contributed by atoms with van der Waals surface area (Å²) in [6.45, 7) is 3.36. The summed E-state index contributed by atoms with van der Waals surface area (Å²) in [6.07, 6.45) is -2.56. The highest BCUT2D eigenvalue weighted by molar-refractivity contribution is 5.97. The van der Waals surface area contributed by atoms with Crippen LogP contribution in [-0.4, -0.2) is 41.9 Å². The van der Waals surface area contributed by atoms with Gasteiger partial charge in [-0.05, 0) is 37.2 Å². The van der Waals surface area contributed by atoms with E-state index in [0.717, 1.165) is 12.6 Å². The molecular formula is C20H25N3O4. The predicted octanol–water partition coefficient (Wildman–Crippen LogP) is 2.22. The van der Waals surface area contributed by atoms with Crippen molar-refractivity contribution in [3.63, 3.8) is 0 Å². The van der Waals surface area contributed by atoms with E-state index in [4.69, 9.17) is 16.0 Å². The first-order valence-corrected chi connectivity index (χ1v) is 8.91. The molecule has 0 radical (unpaired) electrons. The molecular weight excluding hydrogens is 346 g/mol. The topological polar surface area (TPSA) is 97.8 Å². The molecule has 1 aliphatic carbocycles. The molecule has 3 N–H and O–H groups in total. The molecule has 2 heterocycles. The number of hydrogen-bond donors (Lipinski definition) is 2. The van der Waals surface area contributed by atoms with E-state index in [1.807, 2.05) is 4.90 Å². The summed E-state index contributed by atoms with van der Waals surface area (Å²) in [5, 5.41) is 9.54. The van der Waals surface area contributed by atoms with Gasteiger partial charge in [0.2, 0.25) is 5.43 Å². The molecule has 7 heteroatoms. The van der Waals surface area contributed by atoms with Gasteiger partial charge in [0.1, 0.15) is 5.56 Å². The Kier molecular flexibility index (Phi) is 3.31. The molecule has 2 atom stereocenters. The fourth-order valence-corrected chi connectivity index (χ4v) is 3.99. The third kappa shape index (κ3) is 3.06. The molecule has 1 saturated heterocycles. The number of hydrogen-bond acceptors (Lipinski definition) is 5. The van der Waals surface area contributed by atoms with E-state index in [0.29, 0.717) is 24.7 Å². The summed E-state index contributed by atoms with van der Waals surface area (Å²) in [4.78, 5) is 26.6. The summed E-state index contributed by atoms with van der Waals surface area (Å²) in [5.74, 6) is -0.861. The van der Waals surface area contributed by atoms with Crippen molar-refractivity contribution in [2.24, 2.45) is 11.7 Å². The van der Waals surface area contributed by atoms with Gasteiger partial charge >= 0.3 is 5.97 Å². The largest absolute Gasteiger partial charge is 0.492 e. The number of piperidine rings is 1. The maximum atomic E-state index is 12.9. The van der Waals surface area contributed by atoms with Crippen LogP contribution >= 0.6 is 0 Å². The zero-order valence-corrected chi connectivity index (χ0v) is 15.2. The van der Waals surface area contributed by atoms with Gasteiger partial charge in [-0.1, -0.05) is 6.92 Å². The van der Waals surface area contributed by atoms with Crippen LogP contribution in [-0.2, 0) is 0 Å². The van der Waals surface area contributed by atoms with Crippen LogP contribution < -0.4 is 20.8 Å². The zero-order chi connectivity index (χ0) is 22.9. The molecule has 144 valence electrons. The number of methoxy groups -OCH3 is 1. The standard InChI is InChI=1S/C20H25N3O4/c1-11-7-12(21)9-22(8-11)16-6-5-14-17(19(16)27-2)23(13-3-4-13)10-15(18(14)24)20(25)26/h5-6,10-13H,3-4,7-9,21H2,1-2H3,(H,25,26)/t11-,12-/m0/s1/i3D2,4D2. The van der Waals surface area contributed by atoms with Gasteiger partial charge in [-0.15, -0.1) is 0 Å². The molecule has 0 bridgehead atoms. The van der Waals surface area contributed by atoms with E-state index in [9.17, 15) is 14.7 Å². The molecule has 0 amide bonds. The minimum Gasteiger partial charge on any atom is -0.492 e. The number of aromatic nitrogens is 1. The maximum Gasteiger partial charge on any atom is 0.341 e. The third-order valence-corrected chi connectivity index (χ3v) is 5.15. The molecule has 4 rings (SSSR count). The van der Waals surface area contributed by atoms with E-state index in [1.165, 1.54) is 17.7 Å². The highest BCUT2D eigenvalue weighted by Crippen LogP contribution is 2.43. The first-order chi connectivity index (χ1) is 14.4. The summed E-state index contributed by atoms with van der Waals surface area (Å²) < 4.78 is 39.1. The lowest BCUT2D eigenvalue weighted by Gasteiger charge is -2.37. The summed E-state index contributed by atoms with van der Waals surface area (Å²) in [7, 11) is 1.42. The minimum atomic E-state index is -2.23. The van der Waals surface area contributed by atoms with Gasteiger partial charge in [0.15, 0.2) is 5.75 Å². The van der Waals surface area contributed by atoms with Gasteiger partial charge in [0, 0.05) is 36.9 Å². The van der Waals surface area contributed by atoms with Gasteiger partial charge in [-0.25, -0.2) is 4.79 Å². The molecule has 0 unspecified atom stereocenters. The van der Waals surface area contributed by atoms with Crippen molar-refractivity contribution in [1.82, 2.24) is 4.57 Å². The van der Waals surface area contributed by atoms with Gasteiger partial charge in [0.05, 0.1) is 23.7 Å². The van der Waals surface area contributed by atoms with Crippen LogP contribution in [0.25, 0.3) is 10.9 Å². The molecule has 1 aliphatic heterocycles. The van der Waals surface area contributed by atoms with Crippen molar-refractivity contribution in [3.05, 3.63) is 34.1 Å². The lowest BCUT2D eigenvalue weighted by atomic mass is 9.95. The second-order valence-electron chi connectivity index (χ2n) is 7.30. The normalized spacial score (nSPS) is 28.8. The number of aromatic carboxylic acids is 1. The van der Waals surface area contributed by atoms with Crippen molar-refractivity contribution in [2.45, 2.75) is 38.2 Å². The SMILES string of the molecule is [2H]C1([2H])C(n2cc(C(=O)O)c(=O)c3ccc(N4C[C@@H](C)C[C@H](N)C4)c(OC)c32)C1([2H])[2H]. The number of ether oxygens (including phenoxy) is 1. The number of anilines is 1. The highest BCUT2D eigenvalue weighted by atomic mass is 16.5. The molecule has 2 aliphatic rings. The Balaban J connectivity index is 2.02. The number of carboxylic acid groups (broad SMARTS) is 1. The Morgan fingerprint density at radius 3 is 2.70 bits per heavy atom. The van der Waals surface area contributed by atoms with Crippen molar-refractivity contribution in [1.29, 1.82) is 0 Å². The zero-order valence-electron chi connectivity index (χ0n) is 19.2. The Bertz CT molecular complexity index is 1110. The second kappa shape index (κ2) is 6.56. The first kappa shape index (κ1) is 13.6. The second-order valence-corrected chi connectivity index (χ2v) is 7.30. The quantitative estimate of drug-likeness (QED) is 0.850. The average molecular weight is 375 g/mol. The van der Waals surface area contributed by atoms with Gasteiger partial charge in [-0.2, -0.15) is 0 Å².